The second-order valence-corrected chi connectivity index (χ2v) is 10.7. The van der Waals surface area contributed by atoms with Gasteiger partial charge in [-0.1, -0.05) is 26.8 Å². The Morgan fingerprint density at radius 2 is 1.93 bits per heavy atom. The lowest BCUT2D eigenvalue weighted by atomic mass is 9.84. The van der Waals surface area contributed by atoms with Gasteiger partial charge in [0.05, 0.1) is 50.3 Å². The third kappa shape index (κ3) is 7.24. The zero-order chi connectivity index (χ0) is 29.6. The van der Waals surface area contributed by atoms with E-state index in [1.54, 1.807) is 23.1 Å². The molecule has 2 aromatic carbocycles. The van der Waals surface area contributed by atoms with E-state index in [0.717, 1.165) is 11.1 Å². The molecule has 3 rings (SSSR count). The first-order valence-electron chi connectivity index (χ1n) is 13.1. The molecule has 10 nitrogen and oxygen atoms in total. The summed E-state index contributed by atoms with van der Waals surface area (Å²) in [6.45, 7) is 8.62. The molecule has 0 saturated heterocycles. The van der Waals surface area contributed by atoms with Gasteiger partial charge in [-0.3, -0.25) is 19.8 Å². The molecule has 1 aliphatic heterocycles. The van der Waals surface area contributed by atoms with Crippen LogP contribution in [0.25, 0.3) is 0 Å². The minimum atomic E-state index is -1.05. The number of benzene rings is 2. The molecule has 0 radical (unpaired) electrons. The molecule has 1 unspecified atom stereocenters. The van der Waals surface area contributed by atoms with Crippen molar-refractivity contribution in [3.8, 4) is 11.8 Å². The molecule has 2 aromatic rings. The van der Waals surface area contributed by atoms with Crippen LogP contribution in [0.4, 0.5) is 0 Å². The normalized spacial score (nSPS) is 13.4. The summed E-state index contributed by atoms with van der Waals surface area (Å²) >= 11 is 0. The number of hydrogen-bond donors (Lipinski definition) is 3. The van der Waals surface area contributed by atoms with Crippen LogP contribution in [0.5, 0.6) is 5.75 Å². The predicted molar refractivity (Wildman–Crippen MR) is 149 cm³/mol. The maximum absolute atomic E-state index is 13.5. The van der Waals surface area contributed by atoms with Crippen molar-refractivity contribution >= 4 is 23.5 Å². The van der Waals surface area contributed by atoms with Crippen LogP contribution in [0.2, 0.25) is 0 Å². The highest BCUT2D eigenvalue weighted by molar-refractivity contribution is 6.07. The zero-order valence-corrected chi connectivity index (χ0v) is 23.6. The van der Waals surface area contributed by atoms with E-state index in [2.05, 4.69) is 5.32 Å². The number of nitrogens with zero attached hydrogens (tertiary/aromatic N) is 2. The quantitative estimate of drug-likeness (QED) is 0.336. The summed E-state index contributed by atoms with van der Waals surface area (Å²) in [4.78, 5) is 38.7. The van der Waals surface area contributed by atoms with Crippen molar-refractivity contribution in [3.63, 3.8) is 0 Å². The highest BCUT2D eigenvalue weighted by Crippen LogP contribution is 2.31. The monoisotopic (exact) mass is 548 g/mol. The standard InChI is InChI=1S/C30H36N4O6/c1-6-39-26-12-20-15-34(28(32)23(20)14-24(26)29(38)33-5)16-25(35)19-9-18(10-21(11-19)30(2,3)4)17-40-22(7-8-31)13-27(36)37/h9-12,14,22,32H,6-7,13,15-17H2,1-5H3,(H,33,38)(H,36,37). The minimum Gasteiger partial charge on any atom is -0.493 e. The largest absolute Gasteiger partial charge is 0.493 e. The number of nitriles is 1. The van der Waals surface area contributed by atoms with Crippen LogP contribution < -0.4 is 10.1 Å². The zero-order valence-electron chi connectivity index (χ0n) is 23.6. The Bertz CT molecular complexity index is 1360. The van der Waals surface area contributed by atoms with Crippen LogP contribution >= 0.6 is 0 Å². The summed E-state index contributed by atoms with van der Waals surface area (Å²) in [7, 11) is 1.53. The molecule has 212 valence electrons. The van der Waals surface area contributed by atoms with E-state index in [0.29, 0.717) is 41.2 Å². The first-order chi connectivity index (χ1) is 18.9. The number of fused-ring (bicyclic) bond motifs is 1. The van der Waals surface area contributed by atoms with Crippen LogP contribution in [-0.4, -0.2) is 59.8 Å². The number of rotatable bonds is 12. The average molecular weight is 549 g/mol. The van der Waals surface area contributed by atoms with Crippen LogP contribution in [0.3, 0.4) is 0 Å². The number of amides is 1. The molecule has 3 N–H and O–H groups in total. The minimum absolute atomic E-state index is 0.0449. The predicted octanol–water partition coefficient (Wildman–Crippen LogP) is 4.04. The lowest BCUT2D eigenvalue weighted by Gasteiger charge is -2.23. The van der Waals surface area contributed by atoms with Crippen LogP contribution in [0.15, 0.2) is 30.3 Å². The van der Waals surface area contributed by atoms with Crippen molar-refractivity contribution in [1.29, 1.82) is 10.7 Å². The van der Waals surface area contributed by atoms with E-state index < -0.39 is 12.1 Å². The van der Waals surface area contributed by atoms with Gasteiger partial charge in [0.2, 0.25) is 0 Å². The third-order valence-corrected chi connectivity index (χ3v) is 6.63. The van der Waals surface area contributed by atoms with Gasteiger partial charge in [0, 0.05) is 24.7 Å². The van der Waals surface area contributed by atoms with Gasteiger partial charge in [0.15, 0.2) is 5.78 Å². The van der Waals surface area contributed by atoms with Gasteiger partial charge in [0.25, 0.3) is 5.91 Å². The topological polar surface area (TPSA) is 153 Å². The number of amidine groups is 1. The molecule has 1 heterocycles. The van der Waals surface area contributed by atoms with E-state index >= 15 is 0 Å². The molecule has 1 amide bonds. The highest BCUT2D eigenvalue weighted by Gasteiger charge is 2.29. The second kappa shape index (κ2) is 12.7. The Kier molecular flexibility index (Phi) is 9.66. The van der Waals surface area contributed by atoms with Gasteiger partial charge in [-0.05, 0) is 53.3 Å². The lowest BCUT2D eigenvalue weighted by Crippen LogP contribution is -2.30. The van der Waals surface area contributed by atoms with Crippen LogP contribution in [-0.2, 0) is 28.1 Å². The number of Topliss-reactive ketones (excluding diaryl/α,β-unsaturated/α-hetero) is 1. The Hall–Kier alpha value is -4.23. The number of aliphatic carboxylic acids is 1. The maximum Gasteiger partial charge on any atom is 0.306 e. The van der Waals surface area contributed by atoms with Gasteiger partial charge < -0.3 is 24.8 Å². The smallest absolute Gasteiger partial charge is 0.306 e. The molecule has 0 bridgehead atoms. The summed E-state index contributed by atoms with van der Waals surface area (Å²) in [5.41, 5.74) is 3.49. The first-order valence-corrected chi connectivity index (χ1v) is 13.1. The van der Waals surface area contributed by atoms with E-state index in [4.69, 9.17) is 25.3 Å². The number of hydrogen-bond acceptors (Lipinski definition) is 7. The molecule has 40 heavy (non-hydrogen) atoms. The number of carboxylic acids is 1. The fourth-order valence-corrected chi connectivity index (χ4v) is 4.48. The molecule has 0 aromatic heterocycles. The SMILES string of the molecule is CCOc1cc2c(cc1C(=O)NC)C(=N)N(CC(=O)c1cc(COC(CC#N)CC(=O)O)cc(C(C)(C)C)c1)C2. The number of carbonyl (C=O) groups is 3. The summed E-state index contributed by atoms with van der Waals surface area (Å²) in [5, 5.41) is 29.4. The molecular formula is C30H36N4O6. The second-order valence-electron chi connectivity index (χ2n) is 10.7. The van der Waals surface area contributed by atoms with E-state index in [1.165, 1.54) is 7.05 Å². The molecule has 10 heteroatoms. The number of carbonyl (C=O) groups excluding carboxylic acids is 2. The van der Waals surface area contributed by atoms with Crippen molar-refractivity contribution in [2.45, 2.75) is 65.2 Å². The Balaban J connectivity index is 1.85. The fraction of sp³-hybridized carbons (Fsp3) is 0.433. The van der Waals surface area contributed by atoms with E-state index in [1.807, 2.05) is 45.9 Å². The van der Waals surface area contributed by atoms with Crippen molar-refractivity contribution in [2.75, 3.05) is 20.2 Å². The number of carboxylic acid groups (broad SMARTS) is 1. The van der Waals surface area contributed by atoms with Gasteiger partial charge in [-0.15, -0.1) is 0 Å². The molecule has 1 atom stereocenters. The van der Waals surface area contributed by atoms with Crippen molar-refractivity contribution in [3.05, 3.63) is 63.7 Å². The lowest BCUT2D eigenvalue weighted by molar-refractivity contribution is -0.140. The molecule has 0 aliphatic carbocycles. The molecule has 0 saturated carbocycles. The first kappa shape index (κ1) is 30.3. The Morgan fingerprint density at radius 3 is 2.52 bits per heavy atom. The summed E-state index contributed by atoms with van der Waals surface area (Å²) in [6.07, 6.45) is -1.10. The van der Waals surface area contributed by atoms with E-state index in [9.17, 15) is 14.4 Å². The van der Waals surface area contributed by atoms with Gasteiger partial charge >= 0.3 is 5.97 Å². The van der Waals surface area contributed by atoms with Crippen LogP contribution in [0.1, 0.15) is 83.5 Å². The third-order valence-electron chi connectivity index (χ3n) is 6.63. The van der Waals surface area contributed by atoms with Crippen molar-refractivity contribution < 1.29 is 29.0 Å². The van der Waals surface area contributed by atoms with Crippen molar-refractivity contribution in [1.82, 2.24) is 10.2 Å². The summed E-state index contributed by atoms with van der Waals surface area (Å²) < 4.78 is 11.4. The number of ketones is 1. The maximum atomic E-state index is 13.5. The van der Waals surface area contributed by atoms with Gasteiger partial charge in [-0.25, -0.2) is 0 Å². The van der Waals surface area contributed by atoms with Gasteiger partial charge in [-0.2, -0.15) is 5.26 Å². The molecule has 0 fully saturated rings. The molecule has 1 aliphatic rings. The Labute approximate surface area is 234 Å². The molecule has 0 spiro atoms. The summed E-state index contributed by atoms with van der Waals surface area (Å²) in [5.74, 6) is -0.977. The van der Waals surface area contributed by atoms with Crippen LogP contribution in [0, 0.1) is 16.7 Å². The average Bonchev–Trinajstić information content (AvgIpc) is 3.19. The van der Waals surface area contributed by atoms with E-state index in [-0.39, 0.29) is 48.9 Å². The molecular weight excluding hydrogens is 512 g/mol. The van der Waals surface area contributed by atoms with Crippen molar-refractivity contribution in [2.24, 2.45) is 0 Å². The fourth-order valence-electron chi connectivity index (χ4n) is 4.48. The number of ether oxygens (including phenoxy) is 2. The Morgan fingerprint density at radius 1 is 1.20 bits per heavy atom. The summed E-state index contributed by atoms with van der Waals surface area (Å²) in [6, 6.07) is 10.8. The number of nitrogens with one attached hydrogen (secondary N) is 2. The van der Waals surface area contributed by atoms with Gasteiger partial charge in [0.1, 0.15) is 11.6 Å². The highest BCUT2D eigenvalue weighted by atomic mass is 16.5.